The van der Waals surface area contributed by atoms with E-state index in [1.165, 1.54) is 6.07 Å². The molecule has 0 aromatic heterocycles. The van der Waals surface area contributed by atoms with Crippen LogP contribution in [-0.4, -0.2) is 53.6 Å². The van der Waals surface area contributed by atoms with Crippen molar-refractivity contribution in [2.75, 3.05) is 42.6 Å². The van der Waals surface area contributed by atoms with Crippen molar-refractivity contribution in [1.82, 2.24) is 0 Å². The van der Waals surface area contributed by atoms with E-state index in [1.807, 2.05) is 0 Å². The molecule has 0 aliphatic carbocycles. The number of hydrogen-bond donors (Lipinski definition) is 0. The minimum Gasteiger partial charge on any atom is -0.458 e. The summed E-state index contributed by atoms with van der Waals surface area (Å²) in [6.07, 6.45) is -4.50. The zero-order valence-electron chi connectivity index (χ0n) is 13.1. The van der Waals surface area contributed by atoms with Gasteiger partial charge in [-0.2, -0.15) is 13.2 Å². The largest absolute Gasteiger partial charge is 0.458 e. The average molecular weight is 372 g/mol. The Morgan fingerprint density at radius 3 is 2.52 bits per heavy atom. The predicted molar refractivity (Wildman–Crippen MR) is 86.3 cm³/mol. The molecule has 0 atom stereocenters. The van der Waals surface area contributed by atoms with E-state index in [2.05, 4.69) is 4.99 Å². The first kappa shape index (κ1) is 16.6. The number of alkyl halides is 3. The second-order valence-electron chi connectivity index (χ2n) is 6.74. The van der Waals surface area contributed by atoms with E-state index in [0.29, 0.717) is 35.9 Å². The molecule has 25 heavy (non-hydrogen) atoms. The van der Waals surface area contributed by atoms with Crippen molar-refractivity contribution in [2.24, 2.45) is 10.4 Å². The molecule has 1 spiro atoms. The number of ether oxygens (including phenoxy) is 1. The Balaban J connectivity index is 1.62. The van der Waals surface area contributed by atoms with Crippen LogP contribution in [0, 0.1) is 5.41 Å². The van der Waals surface area contributed by atoms with Crippen LogP contribution in [0.1, 0.15) is 11.1 Å². The predicted octanol–water partition coefficient (Wildman–Crippen LogP) is 1.62. The lowest BCUT2D eigenvalue weighted by atomic mass is 9.82. The topological polar surface area (TPSA) is 59.0 Å². The number of halogens is 3. The van der Waals surface area contributed by atoms with E-state index in [9.17, 15) is 22.2 Å². The first-order valence-electron chi connectivity index (χ1n) is 7.76. The summed E-state index contributed by atoms with van der Waals surface area (Å²) in [7, 11) is -0.820. The SMILES string of the molecule is O=C1CN=C(c2ccc(N3CC4(C3)CS(=O)C4)c(C(F)(F)F)c2)CO1. The van der Waals surface area contributed by atoms with Gasteiger partial charge in [0.25, 0.3) is 0 Å². The highest BCUT2D eigenvalue weighted by Crippen LogP contribution is 2.45. The van der Waals surface area contributed by atoms with Crippen molar-refractivity contribution in [2.45, 2.75) is 6.18 Å². The molecule has 3 heterocycles. The Morgan fingerprint density at radius 2 is 1.96 bits per heavy atom. The molecule has 2 saturated heterocycles. The number of hydrogen-bond acceptors (Lipinski definition) is 5. The van der Waals surface area contributed by atoms with Gasteiger partial charge >= 0.3 is 12.1 Å². The fraction of sp³-hybridized carbons (Fsp3) is 0.500. The summed E-state index contributed by atoms with van der Waals surface area (Å²) >= 11 is 0. The Hall–Kier alpha value is -1.90. The molecule has 1 aromatic rings. The van der Waals surface area contributed by atoms with Crippen LogP contribution in [0.3, 0.4) is 0 Å². The molecule has 0 amide bonds. The molecule has 134 valence electrons. The molecule has 1 aromatic carbocycles. The summed E-state index contributed by atoms with van der Waals surface area (Å²) < 4.78 is 56.7. The van der Waals surface area contributed by atoms with Crippen LogP contribution in [0.4, 0.5) is 18.9 Å². The standard InChI is InChI=1S/C16H15F3N2O3S/c17-16(18,19)11-3-10(12-5-24-14(22)4-20-12)1-2-13(11)21-6-15(7-21)8-25(23)9-15/h1-3H,4-9H2. The number of esters is 1. The van der Waals surface area contributed by atoms with Gasteiger partial charge in [-0.05, 0) is 17.7 Å². The van der Waals surface area contributed by atoms with Gasteiger partial charge < -0.3 is 9.64 Å². The molecule has 3 aliphatic rings. The summed E-state index contributed by atoms with van der Waals surface area (Å²) in [6.45, 7) is 0.706. The van der Waals surface area contributed by atoms with E-state index in [0.717, 1.165) is 6.07 Å². The van der Waals surface area contributed by atoms with Crippen LogP contribution >= 0.6 is 0 Å². The number of aliphatic imine (C=N–C) groups is 1. The third-order valence-electron chi connectivity index (χ3n) is 4.73. The quantitative estimate of drug-likeness (QED) is 0.741. The molecule has 0 bridgehead atoms. The number of rotatable bonds is 2. The van der Waals surface area contributed by atoms with E-state index >= 15 is 0 Å². The molecule has 9 heteroatoms. The first-order chi connectivity index (χ1) is 11.8. The molecule has 0 radical (unpaired) electrons. The lowest BCUT2D eigenvalue weighted by molar-refractivity contribution is -0.141. The smallest absolute Gasteiger partial charge is 0.418 e. The van der Waals surface area contributed by atoms with Gasteiger partial charge in [0.05, 0.1) is 11.3 Å². The Kier molecular flexibility index (Phi) is 3.68. The highest BCUT2D eigenvalue weighted by molar-refractivity contribution is 7.86. The molecule has 0 saturated carbocycles. The third-order valence-corrected chi connectivity index (χ3v) is 6.60. The van der Waals surface area contributed by atoms with Gasteiger partial charge in [-0.25, -0.2) is 0 Å². The molecule has 3 aliphatic heterocycles. The van der Waals surface area contributed by atoms with Gasteiger partial charge in [0.2, 0.25) is 0 Å². The van der Waals surface area contributed by atoms with E-state index < -0.39 is 28.5 Å². The van der Waals surface area contributed by atoms with Crippen molar-refractivity contribution in [3.05, 3.63) is 29.3 Å². The Bertz CT molecular complexity index is 790. The maximum atomic E-state index is 13.5. The maximum absolute atomic E-state index is 13.5. The van der Waals surface area contributed by atoms with Crippen molar-refractivity contribution in [3.63, 3.8) is 0 Å². The highest BCUT2D eigenvalue weighted by Gasteiger charge is 2.53. The first-order valence-corrected chi connectivity index (χ1v) is 9.25. The second kappa shape index (κ2) is 5.55. The maximum Gasteiger partial charge on any atom is 0.418 e. The number of nitrogens with zero attached hydrogens (tertiary/aromatic N) is 2. The number of carbonyl (C=O) groups is 1. The molecule has 0 unspecified atom stereocenters. The third kappa shape index (κ3) is 2.94. The van der Waals surface area contributed by atoms with E-state index in [-0.39, 0.29) is 24.3 Å². The molecule has 2 fully saturated rings. The van der Waals surface area contributed by atoms with Gasteiger partial charge in [0.15, 0.2) is 0 Å². The van der Waals surface area contributed by atoms with E-state index in [1.54, 1.807) is 11.0 Å². The van der Waals surface area contributed by atoms with Crippen LogP contribution < -0.4 is 4.90 Å². The number of carbonyl (C=O) groups excluding carboxylic acids is 1. The van der Waals surface area contributed by atoms with E-state index in [4.69, 9.17) is 4.74 Å². The summed E-state index contributed by atoms with van der Waals surface area (Å²) in [5, 5.41) is 0. The zero-order chi connectivity index (χ0) is 17.8. The van der Waals surface area contributed by atoms with Gasteiger partial charge in [-0.1, -0.05) is 6.07 Å². The Morgan fingerprint density at radius 1 is 1.24 bits per heavy atom. The lowest BCUT2D eigenvalue weighted by Crippen LogP contribution is -2.67. The van der Waals surface area contributed by atoms with Gasteiger partial charge in [0, 0.05) is 46.5 Å². The van der Waals surface area contributed by atoms with Crippen LogP contribution in [0.25, 0.3) is 0 Å². The Labute approximate surface area is 144 Å². The molecule has 4 rings (SSSR count). The van der Waals surface area contributed by atoms with Gasteiger partial charge in [-0.3, -0.25) is 14.0 Å². The number of cyclic esters (lactones) is 1. The summed E-state index contributed by atoms with van der Waals surface area (Å²) in [4.78, 5) is 16.7. The van der Waals surface area contributed by atoms with Crippen LogP contribution in [0.15, 0.2) is 23.2 Å². The molecular formula is C16H15F3N2O3S. The van der Waals surface area contributed by atoms with Gasteiger partial charge in [-0.15, -0.1) is 0 Å². The molecule has 5 nitrogen and oxygen atoms in total. The lowest BCUT2D eigenvalue weighted by Gasteiger charge is -2.56. The van der Waals surface area contributed by atoms with Crippen LogP contribution in [-0.2, 0) is 26.5 Å². The second-order valence-corrected chi connectivity index (χ2v) is 8.19. The average Bonchev–Trinajstić information content (AvgIpc) is 2.49. The molecular weight excluding hydrogens is 357 g/mol. The normalized spacial score (nSPS) is 22.9. The monoisotopic (exact) mass is 372 g/mol. The van der Waals surface area contributed by atoms with Gasteiger partial charge in [0.1, 0.15) is 13.2 Å². The van der Waals surface area contributed by atoms with Crippen molar-refractivity contribution < 1.29 is 26.9 Å². The zero-order valence-corrected chi connectivity index (χ0v) is 14.0. The summed E-state index contributed by atoms with van der Waals surface area (Å²) in [5.41, 5.74) is -0.0174. The fourth-order valence-corrected chi connectivity index (χ4v) is 5.20. The minimum atomic E-state index is -4.50. The number of benzene rings is 1. The summed E-state index contributed by atoms with van der Waals surface area (Å²) in [6, 6.07) is 4.09. The minimum absolute atomic E-state index is 0.0753. The van der Waals surface area contributed by atoms with Crippen molar-refractivity contribution in [3.8, 4) is 0 Å². The molecule has 0 N–H and O–H groups in total. The van der Waals surface area contributed by atoms with Crippen molar-refractivity contribution in [1.29, 1.82) is 0 Å². The van der Waals surface area contributed by atoms with Crippen molar-refractivity contribution >= 4 is 28.2 Å². The highest BCUT2D eigenvalue weighted by atomic mass is 32.2. The summed E-state index contributed by atoms with van der Waals surface area (Å²) in [5.74, 6) is 0.663. The fourth-order valence-electron chi connectivity index (χ4n) is 3.55. The number of anilines is 1. The van der Waals surface area contributed by atoms with Crippen LogP contribution in [0.2, 0.25) is 0 Å². The van der Waals surface area contributed by atoms with Crippen LogP contribution in [0.5, 0.6) is 0 Å².